The van der Waals surface area contributed by atoms with Crippen LogP contribution >= 0.6 is 0 Å². The first-order valence-corrected chi connectivity index (χ1v) is 9.86. The number of aryl methyl sites for hydroxylation is 1. The molecule has 1 aromatic carbocycles. The topological polar surface area (TPSA) is 58.4 Å². The van der Waals surface area contributed by atoms with Crippen molar-refractivity contribution < 1.29 is 22.8 Å². The Kier molecular flexibility index (Phi) is 6.19. The van der Waals surface area contributed by atoms with Crippen molar-refractivity contribution in [2.45, 2.75) is 38.9 Å². The molecule has 0 spiro atoms. The number of hydrogen-bond acceptors (Lipinski definition) is 3. The number of aromatic nitrogens is 2. The lowest BCUT2D eigenvalue weighted by Gasteiger charge is -2.35. The third-order valence-corrected chi connectivity index (χ3v) is 5.31. The quantitative estimate of drug-likeness (QED) is 0.755. The maximum absolute atomic E-state index is 13.1. The molecule has 1 fully saturated rings. The molecular formula is C21H25F3N4O2. The zero-order chi connectivity index (χ0) is 22.1. The van der Waals surface area contributed by atoms with Crippen molar-refractivity contribution in [3.8, 4) is 0 Å². The van der Waals surface area contributed by atoms with Crippen molar-refractivity contribution in [3.63, 3.8) is 0 Å². The molecule has 9 heteroatoms. The number of hydrogen-bond donors (Lipinski definition) is 0. The molecule has 0 bridgehead atoms. The zero-order valence-electron chi connectivity index (χ0n) is 17.2. The number of rotatable bonds is 4. The highest BCUT2D eigenvalue weighted by molar-refractivity contribution is 5.96. The summed E-state index contributed by atoms with van der Waals surface area (Å²) in [5.74, 6) is -0.536. The highest BCUT2D eigenvalue weighted by Gasteiger charge is 2.33. The average Bonchev–Trinajstić information content (AvgIpc) is 3.12. The highest BCUT2D eigenvalue weighted by Crippen LogP contribution is 2.30. The second kappa shape index (κ2) is 8.49. The molecule has 1 aliphatic heterocycles. The van der Waals surface area contributed by atoms with Gasteiger partial charge in [-0.2, -0.15) is 18.3 Å². The van der Waals surface area contributed by atoms with E-state index in [9.17, 15) is 22.8 Å². The summed E-state index contributed by atoms with van der Waals surface area (Å²) in [6.07, 6.45) is 0.0303. The van der Waals surface area contributed by atoms with Crippen LogP contribution in [-0.4, -0.2) is 45.6 Å². The van der Waals surface area contributed by atoms with Crippen molar-refractivity contribution in [1.82, 2.24) is 14.7 Å². The largest absolute Gasteiger partial charge is 0.416 e. The van der Waals surface area contributed by atoms with Crippen LogP contribution in [0.15, 0.2) is 36.7 Å². The second-order valence-corrected chi connectivity index (χ2v) is 7.82. The molecule has 0 unspecified atom stereocenters. The number of carbonyl (C=O) groups excluding carboxylic acids is 2. The molecule has 1 aromatic heterocycles. The van der Waals surface area contributed by atoms with E-state index in [1.807, 2.05) is 13.8 Å². The summed E-state index contributed by atoms with van der Waals surface area (Å²) in [4.78, 5) is 29.1. The van der Waals surface area contributed by atoms with Gasteiger partial charge in [0.15, 0.2) is 0 Å². The summed E-state index contributed by atoms with van der Waals surface area (Å²) in [6.45, 7) is 4.65. The Morgan fingerprint density at radius 3 is 2.20 bits per heavy atom. The summed E-state index contributed by atoms with van der Waals surface area (Å²) in [7, 11) is 1.79. The van der Waals surface area contributed by atoms with E-state index in [4.69, 9.17) is 0 Å². The molecule has 30 heavy (non-hydrogen) atoms. The molecule has 0 N–H and O–H groups in total. The lowest BCUT2D eigenvalue weighted by Crippen LogP contribution is -2.46. The summed E-state index contributed by atoms with van der Waals surface area (Å²) >= 11 is 0. The van der Waals surface area contributed by atoms with Crippen LogP contribution in [0, 0.1) is 5.92 Å². The Labute approximate surface area is 173 Å². The van der Waals surface area contributed by atoms with Gasteiger partial charge in [-0.05, 0) is 51.0 Å². The van der Waals surface area contributed by atoms with E-state index in [1.54, 1.807) is 33.9 Å². The number of halogens is 3. The Bertz CT molecular complexity index is 898. The Morgan fingerprint density at radius 1 is 1.13 bits per heavy atom. The molecule has 6 nitrogen and oxygen atoms in total. The van der Waals surface area contributed by atoms with Gasteiger partial charge < -0.3 is 9.80 Å². The lowest BCUT2D eigenvalue weighted by atomic mass is 9.94. The first kappa shape index (κ1) is 21.9. The molecule has 162 valence electrons. The number of likely N-dealkylation sites (tertiary alicyclic amines) is 1. The number of benzene rings is 1. The molecule has 2 amide bonds. The number of alkyl halides is 3. The van der Waals surface area contributed by atoms with Gasteiger partial charge in [-0.3, -0.25) is 14.3 Å². The fourth-order valence-electron chi connectivity index (χ4n) is 3.72. The van der Waals surface area contributed by atoms with Crippen molar-refractivity contribution in [3.05, 3.63) is 47.8 Å². The van der Waals surface area contributed by atoms with E-state index in [0.29, 0.717) is 25.9 Å². The summed E-state index contributed by atoms with van der Waals surface area (Å²) < 4.78 is 39.8. The fourth-order valence-corrected chi connectivity index (χ4v) is 3.72. The van der Waals surface area contributed by atoms with E-state index in [0.717, 1.165) is 17.8 Å². The van der Waals surface area contributed by atoms with Crippen LogP contribution in [0.25, 0.3) is 0 Å². The van der Waals surface area contributed by atoms with Crippen LogP contribution in [0.3, 0.4) is 0 Å². The van der Waals surface area contributed by atoms with Crippen molar-refractivity contribution in [1.29, 1.82) is 0 Å². The Balaban J connectivity index is 1.63. The molecule has 1 aliphatic rings. The van der Waals surface area contributed by atoms with Gasteiger partial charge in [-0.25, -0.2) is 0 Å². The predicted octanol–water partition coefficient (Wildman–Crippen LogP) is 3.73. The molecule has 0 aliphatic carbocycles. The normalized spacial score (nSPS) is 15.5. The molecule has 2 aromatic rings. The first-order chi connectivity index (χ1) is 14.1. The summed E-state index contributed by atoms with van der Waals surface area (Å²) in [6, 6.07) is 4.19. The van der Waals surface area contributed by atoms with Crippen LogP contribution in [-0.2, 0) is 18.0 Å². The highest BCUT2D eigenvalue weighted by atomic mass is 19.4. The van der Waals surface area contributed by atoms with Crippen LogP contribution in [0.1, 0.15) is 42.6 Å². The zero-order valence-corrected chi connectivity index (χ0v) is 17.2. The second-order valence-electron chi connectivity index (χ2n) is 7.82. The van der Waals surface area contributed by atoms with E-state index in [1.165, 1.54) is 12.1 Å². The molecule has 3 rings (SSSR count). The monoisotopic (exact) mass is 422 g/mol. The van der Waals surface area contributed by atoms with Gasteiger partial charge in [0.2, 0.25) is 5.91 Å². The minimum atomic E-state index is -4.43. The molecule has 0 radical (unpaired) electrons. The van der Waals surface area contributed by atoms with E-state index in [2.05, 4.69) is 5.10 Å². The van der Waals surface area contributed by atoms with Crippen LogP contribution < -0.4 is 4.90 Å². The number of amides is 2. The fraction of sp³-hybridized carbons (Fsp3) is 0.476. The molecule has 0 saturated carbocycles. The number of anilines is 1. The smallest absolute Gasteiger partial charge is 0.339 e. The predicted molar refractivity (Wildman–Crippen MR) is 106 cm³/mol. The third kappa shape index (κ3) is 4.66. The minimum Gasteiger partial charge on any atom is -0.339 e. The van der Waals surface area contributed by atoms with Crippen molar-refractivity contribution >= 4 is 17.5 Å². The van der Waals surface area contributed by atoms with Crippen LogP contribution in [0.2, 0.25) is 0 Å². The Hall–Kier alpha value is -2.84. The number of carbonyl (C=O) groups is 2. The van der Waals surface area contributed by atoms with Gasteiger partial charge in [0.05, 0.1) is 17.4 Å². The molecule has 0 atom stereocenters. The molecule has 1 saturated heterocycles. The third-order valence-electron chi connectivity index (χ3n) is 5.31. The average molecular weight is 422 g/mol. The van der Waals surface area contributed by atoms with Crippen LogP contribution in [0.5, 0.6) is 0 Å². The summed E-state index contributed by atoms with van der Waals surface area (Å²) in [5.41, 5.74) is 0.167. The van der Waals surface area contributed by atoms with E-state index in [-0.39, 0.29) is 29.3 Å². The lowest BCUT2D eigenvalue weighted by molar-refractivity contribution is -0.137. The SMILES string of the molecule is CC(C)N(C(=O)C1CCN(C(=O)c2ccc(C(F)(F)F)cc2)CC1)c1cnn(C)c1. The maximum Gasteiger partial charge on any atom is 0.416 e. The van der Waals surface area contributed by atoms with Gasteiger partial charge in [0.1, 0.15) is 0 Å². The van der Waals surface area contributed by atoms with Crippen LogP contribution in [0.4, 0.5) is 18.9 Å². The first-order valence-electron chi connectivity index (χ1n) is 9.86. The van der Waals surface area contributed by atoms with Crippen molar-refractivity contribution in [2.75, 3.05) is 18.0 Å². The molecule has 2 heterocycles. The van der Waals surface area contributed by atoms with Gasteiger partial charge in [0.25, 0.3) is 5.91 Å². The van der Waals surface area contributed by atoms with Crippen molar-refractivity contribution in [2.24, 2.45) is 13.0 Å². The van der Waals surface area contributed by atoms with E-state index < -0.39 is 11.7 Å². The minimum absolute atomic E-state index is 0.000343. The maximum atomic E-state index is 13.1. The van der Waals surface area contributed by atoms with Gasteiger partial charge in [-0.1, -0.05) is 0 Å². The van der Waals surface area contributed by atoms with Gasteiger partial charge in [-0.15, -0.1) is 0 Å². The van der Waals surface area contributed by atoms with Gasteiger partial charge in [0, 0.05) is 43.9 Å². The summed E-state index contributed by atoms with van der Waals surface area (Å²) in [5, 5.41) is 4.14. The Morgan fingerprint density at radius 2 is 1.73 bits per heavy atom. The number of piperidine rings is 1. The van der Waals surface area contributed by atoms with Gasteiger partial charge >= 0.3 is 6.18 Å². The van der Waals surface area contributed by atoms with E-state index >= 15 is 0 Å². The standard InChI is InChI=1S/C21H25F3N4O2/c1-14(2)28(18-12-25-26(3)13-18)20(30)16-8-10-27(11-9-16)19(29)15-4-6-17(7-5-15)21(22,23)24/h4-7,12-14,16H,8-11H2,1-3H3. The molecular weight excluding hydrogens is 397 g/mol. The number of nitrogens with zero attached hydrogens (tertiary/aromatic N) is 4.